The Morgan fingerprint density at radius 1 is 1.39 bits per heavy atom. The maximum Gasteiger partial charge on any atom is 0.237 e. The van der Waals surface area contributed by atoms with E-state index in [1.165, 1.54) is 5.56 Å². The second kappa shape index (κ2) is 8.66. The van der Waals surface area contributed by atoms with Crippen molar-refractivity contribution < 1.29 is 9.53 Å². The number of aryl methyl sites for hydroxylation is 1. The molecule has 1 amide bonds. The molecule has 0 aliphatic rings. The summed E-state index contributed by atoms with van der Waals surface area (Å²) in [6.07, 6.45) is 2.45. The van der Waals surface area contributed by atoms with Gasteiger partial charge in [-0.15, -0.1) is 0 Å². The zero-order chi connectivity index (χ0) is 13.2. The lowest BCUT2D eigenvalue weighted by atomic mass is 10.1. The van der Waals surface area contributed by atoms with Gasteiger partial charge in [0.25, 0.3) is 0 Å². The number of ether oxygens (including phenoxy) is 1. The zero-order valence-corrected chi connectivity index (χ0v) is 10.9. The van der Waals surface area contributed by atoms with Crippen LogP contribution in [0.15, 0.2) is 30.3 Å². The molecule has 0 radical (unpaired) electrons. The van der Waals surface area contributed by atoms with E-state index in [-0.39, 0.29) is 5.91 Å². The molecule has 1 aromatic rings. The average Bonchev–Trinajstić information content (AvgIpc) is 2.41. The molecule has 0 heterocycles. The lowest BCUT2D eigenvalue weighted by Gasteiger charge is -2.11. The Kier molecular flexibility index (Phi) is 7.06. The molecule has 0 aromatic heterocycles. The van der Waals surface area contributed by atoms with E-state index in [0.717, 1.165) is 12.8 Å². The normalized spacial score (nSPS) is 12.1. The highest BCUT2D eigenvalue weighted by molar-refractivity contribution is 5.81. The molecule has 1 rings (SSSR count). The summed E-state index contributed by atoms with van der Waals surface area (Å²) in [5.41, 5.74) is 6.99. The van der Waals surface area contributed by atoms with Crippen molar-refractivity contribution in [2.24, 2.45) is 5.73 Å². The van der Waals surface area contributed by atoms with Crippen molar-refractivity contribution in [1.29, 1.82) is 0 Å². The van der Waals surface area contributed by atoms with E-state index < -0.39 is 6.04 Å². The van der Waals surface area contributed by atoms with E-state index in [0.29, 0.717) is 19.6 Å². The number of carbonyl (C=O) groups excluding carboxylic acids is 1. The molecule has 4 nitrogen and oxygen atoms in total. The third-order valence-electron chi connectivity index (χ3n) is 2.75. The molecule has 0 spiro atoms. The van der Waals surface area contributed by atoms with Crippen LogP contribution in [0.5, 0.6) is 0 Å². The van der Waals surface area contributed by atoms with E-state index in [4.69, 9.17) is 10.5 Å². The Morgan fingerprint density at radius 3 is 2.78 bits per heavy atom. The molecule has 1 unspecified atom stereocenters. The first-order valence-electron chi connectivity index (χ1n) is 6.30. The van der Waals surface area contributed by atoms with Crippen molar-refractivity contribution in [2.45, 2.75) is 25.3 Å². The first-order chi connectivity index (χ1) is 8.74. The van der Waals surface area contributed by atoms with E-state index in [9.17, 15) is 4.79 Å². The summed E-state index contributed by atoms with van der Waals surface area (Å²) in [5, 5.41) is 2.84. The standard InChI is InChI=1S/C14H22N2O2/c1-18-11-9-13(15)14(17)16-10-5-8-12-6-3-2-4-7-12/h2-4,6-7,13H,5,8-11,15H2,1H3,(H,16,17). The number of carbonyl (C=O) groups is 1. The molecule has 1 atom stereocenters. The minimum atomic E-state index is -0.471. The summed E-state index contributed by atoms with van der Waals surface area (Å²) in [6.45, 7) is 1.17. The Morgan fingerprint density at radius 2 is 2.11 bits per heavy atom. The van der Waals surface area contributed by atoms with E-state index in [1.807, 2.05) is 18.2 Å². The van der Waals surface area contributed by atoms with Gasteiger partial charge in [-0.1, -0.05) is 30.3 Å². The third-order valence-corrected chi connectivity index (χ3v) is 2.75. The number of hydrogen-bond donors (Lipinski definition) is 2. The molecule has 0 saturated carbocycles. The number of methoxy groups -OCH3 is 1. The Hall–Kier alpha value is -1.39. The highest BCUT2D eigenvalue weighted by Crippen LogP contribution is 2.01. The van der Waals surface area contributed by atoms with Gasteiger partial charge >= 0.3 is 0 Å². The minimum absolute atomic E-state index is 0.0971. The van der Waals surface area contributed by atoms with Gasteiger partial charge in [0.2, 0.25) is 5.91 Å². The number of nitrogens with two attached hydrogens (primary N) is 1. The molecule has 0 aliphatic carbocycles. The third kappa shape index (κ3) is 5.80. The summed E-state index contributed by atoms with van der Waals surface area (Å²) in [4.78, 5) is 11.6. The van der Waals surface area contributed by atoms with Crippen molar-refractivity contribution in [2.75, 3.05) is 20.3 Å². The molecular formula is C14H22N2O2. The first kappa shape index (κ1) is 14.7. The van der Waals surface area contributed by atoms with Crippen molar-refractivity contribution in [3.63, 3.8) is 0 Å². The van der Waals surface area contributed by atoms with Gasteiger partial charge in [0.05, 0.1) is 6.04 Å². The van der Waals surface area contributed by atoms with Gasteiger partial charge < -0.3 is 15.8 Å². The number of rotatable bonds is 8. The van der Waals surface area contributed by atoms with Crippen LogP contribution in [0, 0.1) is 0 Å². The molecular weight excluding hydrogens is 228 g/mol. The number of nitrogens with one attached hydrogen (secondary N) is 1. The van der Waals surface area contributed by atoms with Gasteiger partial charge in [0.1, 0.15) is 0 Å². The van der Waals surface area contributed by atoms with Crippen LogP contribution in [0.1, 0.15) is 18.4 Å². The van der Waals surface area contributed by atoms with E-state index >= 15 is 0 Å². The van der Waals surface area contributed by atoms with Gasteiger partial charge in [-0.05, 0) is 24.8 Å². The zero-order valence-electron chi connectivity index (χ0n) is 10.9. The first-order valence-corrected chi connectivity index (χ1v) is 6.30. The quantitative estimate of drug-likeness (QED) is 0.679. The summed E-state index contributed by atoms with van der Waals surface area (Å²) >= 11 is 0. The lowest BCUT2D eigenvalue weighted by Crippen LogP contribution is -2.41. The maximum atomic E-state index is 11.6. The van der Waals surface area contributed by atoms with Crippen LogP contribution < -0.4 is 11.1 Å². The Bertz CT molecular complexity index is 341. The molecule has 18 heavy (non-hydrogen) atoms. The van der Waals surface area contributed by atoms with Crippen molar-refractivity contribution in [3.8, 4) is 0 Å². The minimum Gasteiger partial charge on any atom is -0.385 e. The largest absolute Gasteiger partial charge is 0.385 e. The molecule has 0 saturated heterocycles. The Labute approximate surface area is 109 Å². The van der Waals surface area contributed by atoms with Crippen LogP contribution in [0.4, 0.5) is 0 Å². The van der Waals surface area contributed by atoms with Gasteiger partial charge in [-0.3, -0.25) is 4.79 Å². The van der Waals surface area contributed by atoms with Gasteiger partial charge in [0.15, 0.2) is 0 Å². The average molecular weight is 250 g/mol. The van der Waals surface area contributed by atoms with Crippen LogP contribution >= 0.6 is 0 Å². The molecule has 0 fully saturated rings. The Balaban J connectivity index is 2.12. The van der Waals surface area contributed by atoms with Crippen LogP contribution in [0.3, 0.4) is 0 Å². The lowest BCUT2D eigenvalue weighted by molar-refractivity contribution is -0.122. The van der Waals surface area contributed by atoms with Crippen LogP contribution in [-0.2, 0) is 16.0 Å². The number of benzene rings is 1. The second-order valence-electron chi connectivity index (χ2n) is 4.27. The van der Waals surface area contributed by atoms with Crippen LogP contribution in [0.2, 0.25) is 0 Å². The van der Waals surface area contributed by atoms with Crippen LogP contribution in [0.25, 0.3) is 0 Å². The molecule has 0 aliphatic heterocycles. The molecule has 100 valence electrons. The fraction of sp³-hybridized carbons (Fsp3) is 0.500. The summed E-state index contributed by atoms with van der Waals surface area (Å²) in [7, 11) is 1.60. The molecule has 3 N–H and O–H groups in total. The van der Waals surface area contributed by atoms with Gasteiger partial charge in [-0.25, -0.2) is 0 Å². The van der Waals surface area contributed by atoms with Crippen molar-refractivity contribution in [3.05, 3.63) is 35.9 Å². The summed E-state index contributed by atoms with van der Waals surface area (Å²) in [5.74, 6) is -0.0971. The topological polar surface area (TPSA) is 64.3 Å². The second-order valence-corrected chi connectivity index (χ2v) is 4.27. The SMILES string of the molecule is COCCC(N)C(=O)NCCCc1ccccc1. The summed E-state index contributed by atoms with van der Waals surface area (Å²) < 4.78 is 4.89. The monoisotopic (exact) mass is 250 g/mol. The fourth-order valence-corrected chi connectivity index (χ4v) is 1.66. The van der Waals surface area contributed by atoms with Crippen molar-refractivity contribution >= 4 is 5.91 Å². The summed E-state index contributed by atoms with van der Waals surface area (Å²) in [6, 6.07) is 9.75. The van der Waals surface area contributed by atoms with E-state index in [1.54, 1.807) is 7.11 Å². The maximum absolute atomic E-state index is 11.6. The molecule has 1 aromatic carbocycles. The number of hydrogen-bond acceptors (Lipinski definition) is 3. The highest BCUT2D eigenvalue weighted by atomic mass is 16.5. The molecule has 0 bridgehead atoms. The molecule has 4 heteroatoms. The predicted octanol–water partition coefficient (Wildman–Crippen LogP) is 1.10. The predicted molar refractivity (Wildman–Crippen MR) is 72.2 cm³/mol. The fourth-order valence-electron chi connectivity index (χ4n) is 1.66. The van der Waals surface area contributed by atoms with E-state index in [2.05, 4.69) is 17.4 Å². The van der Waals surface area contributed by atoms with Crippen LogP contribution in [-0.4, -0.2) is 32.2 Å². The van der Waals surface area contributed by atoms with Crippen molar-refractivity contribution in [1.82, 2.24) is 5.32 Å². The van der Waals surface area contributed by atoms with Gasteiger partial charge in [-0.2, -0.15) is 0 Å². The smallest absolute Gasteiger partial charge is 0.237 e. The number of amides is 1. The van der Waals surface area contributed by atoms with Gasteiger partial charge in [0, 0.05) is 20.3 Å². The highest BCUT2D eigenvalue weighted by Gasteiger charge is 2.11.